The third-order valence-corrected chi connectivity index (χ3v) is 1.91. The fourth-order valence-corrected chi connectivity index (χ4v) is 1.09. The van der Waals surface area contributed by atoms with E-state index >= 15 is 0 Å². The zero-order chi connectivity index (χ0) is 10.3. The second-order valence-corrected chi connectivity index (χ2v) is 3.33. The fourth-order valence-electron chi connectivity index (χ4n) is 0.592. The van der Waals surface area contributed by atoms with Crippen LogP contribution in [0, 0.1) is 10.8 Å². The Labute approximate surface area is 75.8 Å². The Morgan fingerprint density at radius 2 is 1.54 bits per heavy atom. The van der Waals surface area contributed by atoms with Gasteiger partial charge >= 0.3 is 0 Å². The van der Waals surface area contributed by atoms with Gasteiger partial charge in [-0.05, 0) is 12.1 Å². The van der Waals surface area contributed by atoms with Crippen LogP contribution in [0.3, 0.4) is 0 Å². The van der Waals surface area contributed by atoms with Gasteiger partial charge < -0.3 is 0 Å². The number of hydrogen-bond acceptors (Lipinski definition) is 4. The summed E-state index contributed by atoms with van der Waals surface area (Å²) in [5, 5.41) is 11.2. The molecule has 70 valence electrons. The van der Waals surface area contributed by atoms with E-state index in [0.29, 0.717) is 0 Å². The molecule has 0 aliphatic carbocycles. The second kappa shape index (κ2) is 5.21. The van der Waals surface area contributed by atoms with E-state index in [1.807, 2.05) is 0 Å². The van der Waals surface area contributed by atoms with E-state index in [4.69, 9.17) is 15.4 Å². The molecule has 13 heavy (non-hydrogen) atoms. The van der Waals surface area contributed by atoms with Crippen LogP contribution in [0.25, 0.3) is 0 Å². The zero-order valence-corrected chi connectivity index (χ0v) is 7.38. The second-order valence-electron chi connectivity index (χ2n) is 1.91. The van der Waals surface area contributed by atoms with Crippen molar-refractivity contribution in [3.63, 3.8) is 0 Å². The van der Waals surface area contributed by atoms with Crippen molar-refractivity contribution in [2.24, 2.45) is 0 Å². The van der Waals surface area contributed by atoms with Crippen molar-refractivity contribution >= 4 is 16.1 Å². The molecule has 1 aromatic rings. The van der Waals surface area contributed by atoms with Crippen LogP contribution in [0.2, 0.25) is 0 Å². The van der Waals surface area contributed by atoms with Crippen LogP contribution in [-0.4, -0.2) is 19.0 Å². The Bertz CT molecular complexity index is 379. The Morgan fingerprint density at radius 1 is 1.15 bits per heavy atom. The van der Waals surface area contributed by atoms with Crippen molar-refractivity contribution in [2.45, 2.75) is 4.90 Å². The quantitative estimate of drug-likeness (QED) is 0.469. The highest BCUT2D eigenvalue weighted by atomic mass is 32.2. The molecule has 0 bridgehead atoms. The molecule has 1 rings (SSSR count). The summed E-state index contributed by atoms with van der Waals surface area (Å²) in [7, 11) is -4.00. The van der Waals surface area contributed by atoms with Gasteiger partial charge in [0.15, 0.2) is 0 Å². The molecule has 5 nitrogen and oxygen atoms in total. The predicted molar refractivity (Wildman–Crippen MR) is 46.7 cm³/mol. The summed E-state index contributed by atoms with van der Waals surface area (Å²) in [5.74, 6) is 0. The largest absolute Gasteiger partial charge is 0.294 e. The normalized spacial score (nSPS) is 9.31. The highest BCUT2D eigenvalue weighted by Crippen LogP contribution is 2.05. The molecule has 0 atom stereocenters. The zero-order valence-electron chi connectivity index (χ0n) is 6.56. The summed E-state index contributed by atoms with van der Waals surface area (Å²) in [5.41, 5.74) is 0. The first kappa shape index (κ1) is 11.5. The minimum atomic E-state index is -4.00. The fraction of sp³-hybridized carbons (Fsp3) is 0. The summed E-state index contributed by atoms with van der Waals surface area (Å²) in [6.07, 6.45) is 0. The van der Waals surface area contributed by atoms with Gasteiger partial charge in [-0.2, -0.15) is 8.42 Å². The van der Waals surface area contributed by atoms with Crippen LogP contribution in [0.1, 0.15) is 0 Å². The molecular weight excluding hydrogens is 192 g/mol. The van der Waals surface area contributed by atoms with Crippen LogP contribution in [0.5, 0.6) is 0 Å². The molecular formula is C7H8N2O3S. The Kier molecular flexibility index (Phi) is 4.61. The Morgan fingerprint density at radius 3 is 1.77 bits per heavy atom. The maximum Gasteiger partial charge on any atom is 0.294 e. The standard InChI is InChI=1S/C6H6O3S.CH2N2/c7-10(8,9)6-4-2-1-3-5-6;2-1-3/h1-5H,(H,7,8,9);2-3H. The van der Waals surface area contributed by atoms with Crippen molar-refractivity contribution in [3.05, 3.63) is 30.3 Å². The minimum Gasteiger partial charge on any atom is -0.282 e. The summed E-state index contributed by atoms with van der Waals surface area (Å²) in [6, 6.07) is 8.67. The van der Waals surface area contributed by atoms with Gasteiger partial charge in [0.1, 0.15) is 0 Å². The van der Waals surface area contributed by atoms with Crippen LogP contribution < -0.4 is 0 Å². The van der Waals surface area contributed by atoms with Crippen LogP contribution in [0.15, 0.2) is 35.2 Å². The number of rotatable bonds is 1. The van der Waals surface area contributed by atoms with Crippen molar-refractivity contribution < 1.29 is 13.0 Å². The molecule has 0 aliphatic rings. The molecule has 3 N–H and O–H groups in total. The summed E-state index contributed by atoms with van der Waals surface area (Å²) >= 11 is 0. The van der Waals surface area contributed by atoms with Gasteiger partial charge in [-0.25, -0.2) is 10.8 Å². The molecule has 0 amide bonds. The molecule has 0 radical (unpaired) electrons. The average Bonchev–Trinajstić information content (AvgIpc) is 2.06. The highest BCUT2D eigenvalue weighted by Gasteiger charge is 2.05. The van der Waals surface area contributed by atoms with E-state index < -0.39 is 10.1 Å². The lowest BCUT2D eigenvalue weighted by Gasteiger charge is -1.92. The summed E-state index contributed by atoms with van der Waals surface area (Å²) in [6.45, 7) is 0. The van der Waals surface area contributed by atoms with Gasteiger partial charge in [0.05, 0.1) is 10.9 Å². The van der Waals surface area contributed by atoms with E-state index in [1.165, 1.54) is 18.1 Å². The lowest BCUT2D eigenvalue weighted by atomic mass is 10.4. The first-order valence-corrected chi connectivity index (χ1v) is 4.57. The van der Waals surface area contributed by atoms with Crippen LogP contribution in [0.4, 0.5) is 0 Å². The minimum absolute atomic E-state index is 0.0741. The molecule has 6 heteroatoms. The van der Waals surface area contributed by atoms with Gasteiger partial charge in [-0.15, -0.1) is 0 Å². The molecule has 0 unspecified atom stereocenters. The van der Waals surface area contributed by atoms with Crippen molar-refractivity contribution in [2.75, 3.05) is 0 Å². The molecule has 0 spiro atoms. The number of hydrogen-bond donors (Lipinski definition) is 3. The van der Waals surface area contributed by atoms with Crippen molar-refractivity contribution in [3.8, 4) is 0 Å². The van der Waals surface area contributed by atoms with E-state index in [0.717, 1.165) is 0 Å². The first-order chi connectivity index (χ1) is 6.02. The summed E-state index contributed by atoms with van der Waals surface area (Å²) < 4.78 is 29.2. The third-order valence-electron chi connectivity index (χ3n) is 1.04. The van der Waals surface area contributed by atoms with Gasteiger partial charge in [0.2, 0.25) is 0 Å². The van der Waals surface area contributed by atoms with E-state index in [2.05, 4.69) is 0 Å². The lowest BCUT2D eigenvalue weighted by molar-refractivity contribution is 0.483. The summed E-state index contributed by atoms with van der Waals surface area (Å²) in [4.78, 5) is -0.0741. The SMILES string of the molecule is N=C=N.O=S(=O)(O)c1ccccc1. The lowest BCUT2D eigenvalue weighted by Crippen LogP contribution is -1.96. The highest BCUT2D eigenvalue weighted by molar-refractivity contribution is 7.85. The Hall–Kier alpha value is -1.49. The van der Waals surface area contributed by atoms with Crippen molar-refractivity contribution in [1.82, 2.24) is 0 Å². The molecule has 0 aromatic heterocycles. The van der Waals surface area contributed by atoms with Gasteiger partial charge in [-0.1, -0.05) is 18.2 Å². The van der Waals surface area contributed by atoms with Gasteiger partial charge in [-0.3, -0.25) is 4.55 Å². The van der Waals surface area contributed by atoms with Gasteiger partial charge in [0, 0.05) is 0 Å². The number of nitrogens with one attached hydrogen (secondary N) is 2. The maximum absolute atomic E-state index is 10.4. The average molecular weight is 200 g/mol. The van der Waals surface area contributed by atoms with E-state index in [9.17, 15) is 8.42 Å². The van der Waals surface area contributed by atoms with E-state index in [1.54, 1.807) is 18.2 Å². The maximum atomic E-state index is 10.4. The molecule has 0 saturated carbocycles. The van der Waals surface area contributed by atoms with Gasteiger partial charge in [0.25, 0.3) is 10.1 Å². The molecule has 0 saturated heterocycles. The Balaban J connectivity index is 0.000000424. The molecule has 1 aromatic carbocycles. The topological polar surface area (TPSA) is 102 Å². The molecule has 0 heterocycles. The van der Waals surface area contributed by atoms with Crippen molar-refractivity contribution in [1.29, 1.82) is 10.8 Å². The predicted octanol–water partition coefficient (Wildman–Crippen LogP) is 1.25. The van der Waals surface area contributed by atoms with E-state index in [-0.39, 0.29) is 4.90 Å². The third kappa shape index (κ3) is 4.86. The van der Waals surface area contributed by atoms with Crippen LogP contribution in [-0.2, 0) is 10.1 Å². The smallest absolute Gasteiger partial charge is 0.282 e. The van der Waals surface area contributed by atoms with Crippen LogP contribution >= 0.6 is 0 Å². The molecule has 0 fully saturated rings. The molecule has 0 aliphatic heterocycles. The first-order valence-electron chi connectivity index (χ1n) is 3.13. The number of benzene rings is 1. The monoisotopic (exact) mass is 200 g/mol.